The van der Waals surface area contributed by atoms with Crippen LogP contribution >= 0.6 is 0 Å². The highest BCUT2D eigenvalue weighted by molar-refractivity contribution is 6.03. The zero-order valence-corrected chi connectivity index (χ0v) is 9.77. The van der Waals surface area contributed by atoms with Gasteiger partial charge in [-0.1, -0.05) is 0 Å². The van der Waals surface area contributed by atoms with Gasteiger partial charge in [0.2, 0.25) is 0 Å². The van der Waals surface area contributed by atoms with Gasteiger partial charge in [-0.2, -0.15) is 5.10 Å². The number of fused-ring (bicyclic) bond motifs is 1. The van der Waals surface area contributed by atoms with Crippen molar-refractivity contribution in [3.05, 3.63) is 42.2 Å². The van der Waals surface area contributed by atoms with E-state index in [4.69, 9.17) is 4.42 Å². The molecule has 4 N–H and O–H groups in total. The fourth-order valence-corrected chi connectivity index (χ4v) is 2.10. The Hall–Kier alpha value is -2.80. The molecule has 1 aliphatic heterocycles. The molecule has 0 bridgehead atoms. The SMILES string of the molecule is c1coc(-c2n[nH]c3ccc(C4=NNNN4)cc23)c1. The summed E-state index contributed by atoms with van der Waals surface area (Å²) in [5.74, 6) is 1.47. The number of nitrogens with zero attached hydrogens (tertiary/aromatic N) is 2. The molecule has 2 aromatic heterocycles. The van der Waals surface area contributed by atoms with Crippen LogP contribution in [0, 0.1) is 0 Å². The van der Waals surface area contributed by atoms with Crippen LogP contribution in [-0.2, 0) is 0 Å². The molecule has 0 amide bonds. The van der Waals surface area contributed by atoms with E-state index in [1.54, 1.807) is 6.26 Å². The average Bonchev–Trinajstić information content (AvgIpc) is 3.18. The topological polar surface area (TPSA) is 90.3 Å². The van der Waals surface area contributed by atoms with Gasteiger partial charge in [-0.25, -0.2) is 5.53 Å². The highest BCUT2D eigenvalue weighted by Gasteiger charge is 2.14. The number of hydrazine groups is 2. The molecule has 3 aromatic rings. The van der Waals surface area contributed by atoms with Crippen LogP contribution in [0.5, 0.6) is 0 Å². The number of benzene rings is 1. The van der Waals surface area contributed by atoms with Gasteiger partial charge in [0.1, 0.15) is 5.69 Å². The van der Waals surface area contributed by atoms with Crippen molar-refractivity contribution in [1.82, 2.24) is 26.7 Å². The maximum atomic E-state index is 5.40. The molecule has 0 saturated heterocycles. The lowest BCUT2D eigenvalue weighted by atomic mass is 10.1. The summed E-state index contributed by atoms with van der Waals surface area (Å²) in [6.07, 6.45) is 1.64. The van der Waals surface area contributed by atoms with E-state index >= 15 is 0 Å². The first-order chi connectivity index (χ1) is 9.42. The van der Waals surface area contributed by atoms with Crippen LogP contribution < -0.4 is 16.5 Å². The van der Waals surface area contributed by atoms with Gasteiger partial charge in [-0.15, -0.1) is 10.6 Å². The quantitative estimate of drug-likeness (QED) is 0.549. The van der Waals surface area contributed by atoms with Crippen molar-refractivity contribution in [2.24, 2.45) is 5.10 Å². The van der Waals surface area contributed by atoms with Crippen LogP contribution in [0.25, 0.3) is 22.4 Å². The van der Waals surface area contributed by atoms with Crippen LogP contribution in [0.1, 0.15) is 5.56 Å². The summed E-state index contributed by atoms with van der Waals surface area (Å²) in [7, 11) is 0. The Kier molecular flexibility index (Phi) is 2.06. The Bertz CT molecular complexity index is 758. The van der Waals surface area contributed by atoms with Crippen LogP contribution in [0.4, 0.5) is 0 Å². The van der Waals surface area contributed by atoms with Gasteiger partial charge < -0.3 is 4.42 Å². The molecule has 1 aliphatic rings. The molecule has 94 valence electrons. The van der Waals surface area contributed by atoms with Gasteiger partial charge in [0.25, 0.3) is 0 Å². The van der Waals surface area contributed by atoms with E-state index in [1.165, 1.54) is 0 Å². The Labute approximate surface area is 107 Å². The van der Waals surface area contributed by atoms with Gasteiger partial charge in [-0.05, 0) is 30.3 Å². The van der Waals surface area contributed by atoms with E-state index in [9.17, 15) is 0 Å². The van der Waals surface area contributed by atoms with Crippen molar-refractivity contribution in [3.63, 3.8) is 0 Å². The van der Waals surface area contributed by atoms with Crippen LogP contribution in [0.3, 0.4) is 0 Å². The predicted octanol–water partition coefficient (Wildman–Crippen LogP) is 1.10. The summed E-state index contributed by atoms with van der Waals surface area (Å²) >= 11 is 0. The molecule has 1 aromatic carbocycles. The lowest BCUT2D eigenvalue weighted by Crippen LogP contribution is -2.35. The van der Waals surface area contributed by atoms with Crippen molar-refractivity contribution < 1.29 is 4.42 Å². The molecule has 7 nitrogen and oxygen atoms in total. The lowest BCUT2D eigenvalue weighted by Gasteiger charge is -2.01. The molecule has 0 unspecified atom stereocenters. The van der Waals surface area contributed by atoms with Gasteiger partial charge in [0.15, 0.2) is 11.6 Å². The van der Waals surface area contributed by atoms with Crippen molar-refractivity contribution in [2.45, 2.75) is 0 Å². The number of hydrogen-bond acceptors (Lipinski definition) is 6. The second-order valence-electron chi connectivity index (χ2n) is 4.13. The first kappa shape index (κ1) is 10.2. The summed E-state index contributed by atoms with van der Waals surface area (Å²) in [5, 5.41) is 12.4. The lowest BCUT2D eigenvalue weighted by molar-refractivity contribution is 0.577. The van der Waals surface area contributed by atoms with E-state index in [1.807, 2.05) is 30.3 Å². The number of aromatic amines is 1. The third-order valence-corrected chi connectivity index (χ3v) is 3.00. The molecule has 0 atom stereocenters. The number of amidine groups is 1. The zero-order valence-electron chi connectivity index (χ0n) is 9.77. The summed E-state index contributed by atoms with van der Waals surface area (Å²) < 4.78 is 5.40. The minimum atomic E-state index is 0.730. The molecule has 0 spiro atoms. The zero-order chi connectivity index (χ0) is 12.7. The Balaban J connectivity index is 1.89. The Morgan fingerprint density at radius 2 is 2.16 bits per heavy atom. The summed E-state index contributed by atoms with van der Waals surface area (Å²) in [6.45, 7) is 0. The van der Waals surface area contributed by atoms with Gasteiger partial charge in [0.05, 0.1) is 11.8 Å². The van der Waals surface area contributed by atoms with Crippen LogP contribution in [-0.4, -0.2) is 16.0 Å². The molecular formula is C12H10N6O. The Morgan fingerprint density at radius 3 is 2.95 bits per heavy atom. The molecule has 0 radical (unpaired) electrons. The number of H-pyrrole nitrogens is 1. The number of furan rings is 1. The Morgan fingerprint density at radius 1 is 1.16 bits per heavy atom. The van der Waals surface area contributed by atoms with Crippen molar-refractivity contribution in [1.29, 1.82) is 0 Å². The third-order valence-electron chi connectivity index (χ3n) is 3.00. The monoisotopic (exact) mass is 254 g/mol. The van der Waals surface area contributed by atoms with Crippen molar-refractivity contribution >= 4 is 16.7 Å². The summed E-state index contributed by atoms with van der Waals surface area (Å²) in [6, 6.07) is 9.67. The number of hydrazone groups is 1. The van der Waals surface area contributed by atoms with E-state index in [2.05, 4.69) is 31.8 Å². The minimum absolute atomic E-state index is 0.730. The van der Waals surface area contributed by atoms with Gasteiger partial charge in [-0.3, -0.25) is 10.5 Å². The fourth-order valence-electron chi connectivity index (χ4n) is 2.10. The van der Waals surface area contributed by atoms with Gasteiger partial charge in [0, 0.05) is 10.9 Å². The number of rotatable bonds is 2. The second-order valence-corrected chi connectivity index (χ2v) is 4.13. The highest BCUT2D eigenvalue weighted by Crippen LogP contribution is 2.27. The average molecular weight is 254 g/mol. The smallest absolute Gasteiger partial charge is 0.170 e. The maximum Gasteiger partial charge on any atom is 0.170 e. The van der Waals surface area contributed by atoms with Crippen LogP contribution in [0.15, 0.2) is 46.1 Å². The number of nitrogens with one attached hydrogen (secondary N) is 4. The predicted molar refractivity (Wildman–Crippen MR) is 69.7 cm³/mol. The number of aromatic nitrogens is 2. The standard InChI is InChI=1S/C12H10N6O/c1-2-10(19-5-1)11-8-6-7(12-15-17-18-16-12)3-4-9(8)13-14-11/h1-6,17-18H,(H,13,14)(H,15,16). The second kappa shape index (κ2) is 3.85. The maximum absolute atomic E-state index is 5.40. The van der Waals surface area contributed by atoms with Crippen LogP contribution in [0.2, 0.25) is 0 Å². The molecule has 4 rings (SSSR count). The molecule has 0 saturated carbocycles. The molecule has 7 heteroatoms. The summed E-state index contributed by atoms with van der Waals surface area (Å²) in [5.41, 5.74) is 11.0. The number of hydrogen-bond donors (Lipinski definition) is 4. The van der Waals surface area contributed by atoms with Crippen molar-refractivity contribution in [3.8, 4) is 11.5 Å². The van der Waals surface area contributed by atoms with Gasteiger partial charge >= 0.3 is 0 Å². The van der Waals surface area contributed by atoms with E-state index in [-0.39, 0.29) is 0 Å². The largest absolute Gasteiger partial charge is 0.463 e. The highest BCUT2D eigenvalue weighted by atomic mass is 16.3. The molecule has 0 fully saturated rings. The van der Waals surface area contributed by atoms with E-state index in [0.717, 1.165) is 33.8 Å². The first-order valence-corrected chi connectivity index (χ1v) is 5.78. The molecule has 0 aliphatic carbocycles. The third kappa shape index (κ3) is 1.56. The molecule has 3 heterocycles. The first-order valence-electron chi connectivity index (χ1n) is 5.78. The fraction of sp³-hybridized carbons (Fsp3) is 0. The van der Waals surface area contributed by atoms with Crippen molar-refractivity contribution in [2.75, 3.05) is 0 Å². The molecule has 19 heavy (non-hydrogen) atoms. The normalized spacial score (nSPS) is 14.2. The van der Waals surface area contributed by atoms with E-state index in [0.29, 0.717) is 0 Å². The molecular weight excluding hydrogens is 244 g/mol. The summed E-state index contributed by atoms with van der Waals surface area (Å²) in [4.78, 5) is 0. The van der Waals surface area contributed by atoms with E-state index < -0.39 is 0 Å². The minimum Gasteiger partial charge on any atom is -0.463 e.